The van der Waals surface area contributed by atoms with Crippen LogP contribution in [0.5, 0.6) is 5.75 Å². The van der Waals surface area contributed by atoms with Gasteiger partial charge in [0.2, 0.25) is 5.82 Å². The van der Waals surface area contributed by atoms with Crippen LogP contribution in [0.25, 0.3) is 11.4 Å². The summed E-state index contributed by atoms with van der Waals surface area (Å²) < 4.78 is 11.9. The van der Waals surface area contributed by atoms with E-state index in [1.54, 1.807) is 4.80 Å². The molecule has 1 saturated heterocycles. The fourth-order valence-electron chi connectivity index (χ4n) is 5.15. The summed E-state index contributed by atoms with van der Waals surface area (Å²) in [6.07, 6.45) is 1.74. The van der Waals surface area contributed by atoms with Crippen molar-refractivity contribution in [2.45, 2.75) is 24.5 Å². The Kier molecular flexibility index (Phi) is 6.58. The van der Waals surface area contributed by atoms with Gasteiger partial charge in [-0.05, 0) is 40.1 Å². The lowest BCUT2D eigenvalue weighted by Gasteiger charge is -2.34. The molecule has 4 aromatic carbocycles. The van der Waals surface area contributed by atoms with Gasteiger partial charge in [0.15, 0.2) is 5.54 Å². The van der Waals surface area contributed by atoms with Crippen LogP contribution in [-0.2, 0) is 10.3 Å². The van der Waals surface area contributed by atoms with Crippen molar-refractivity contribution in [2.24, 2.45) is 0 Å². The Morgan fingerprint density at radius 3 is 1.87 bits per heavy atom. The summed E-state index contributed by atoms with van der Waals surface area (Å²) in [7, 11) is 0. The van der Waals surface area contributed by atoms with E-state index in [4.69, 9.17) is 20.3 Å². The lowest BCUT2D eigenvalue weighted by atomic mass is 9.77. The van der Waals surface area contributed by atoms with Gasteiger partial charge in [0.05, 0.1) is 18.8 Å². The lowest BCUT2D eigenvalue weighted by Crippen LogP contribution is -2.39. The molecule has 0 saturated carbocycles. The van der Waals surface area contributed by atoms with E-state index in [1.165, 1.54) is 0 Å². The molecule has 38 heavy (non-hydrogen) atoms. The van der Waals surface area contributed by atoms with Crippen molar-refractivity contribution >= 4 is 5.69 Å². The van der Waals surface area contributed by atoms with Gasteiger partial charge in [-0.25, -0.2) is 0 Å². The Bertz CT molecular complexity index is 1390. The number of tetrazole rings is 1. The van der Waals surface area contributed by atoms with Crippen molar-refractivity contribution in [1.82, 2.24) is 20.2 Å². The highest BCUT2D eigenvalue weighted by Crippen LogP contribution is 2.40. The number of ether oxygens (including phenoxy) is 2. The summed E-state index contributed by atoms with van der Waals surface area (Å²) in [6.45, 7) is 1.38. The standard InChI is InChI=1S/C31H29N5O2/c32-26-16-17-29(38-27-18-20-37-21-19-27)28(22-26)30-33-35-36(34-30)31(23-10-4-1-5-11-23,24-12-6-2-7-13-24)25-14-8-3-9-15-25/h1-17,22,27H,18-21,32H2. The summed E-state index contributed by atoms with van der Waals surface area (Å²) in [5, 5.41) is 14.2. The molecule has 0 spiro atoms. The molecule has 2 N–H and O–H groups in total. The maximum absolute atomic E-state index is 6.39. The summed E-state index contributed by atoms with van der Waals surface area (Å²) in [4.78, 5) is 1.71. The predicted octanol–water partition coefficient (Wildman–Crippen LogP) is 5.32. The van der Waals surface area contributed by atoms with Gasteiger partial charge < -0.3 is 15.2 Å². The third-order valence-electron chi connectivity index (χ3n) is 6.99. The van der Waals surface area contributed by atoms with Crippen molar-refractivity contribution in [3.05, 3.63) is 126 Å². The Balaban J connectivity index is 1.53. The van der Waals surface area contributed by atoms with Crippen LogP contribution in [0.3, 0.4) is 0 Å². The van der Waals surface area contributed by atoms with Gasteiger partial charge in [-0.15, -0.1) is 15.0 Å². The second-order valence-corrected chi connectivity index (χ2v) is 9.40. The molecule has 0 atom stereocenters. The molecule has 0 radical (unpaired) electrons. The molecule has 190 valence electrons. The SMILES string of the molecule is Nc1ccc(OC2CCOCC2)c(-c2nnn(C(c3ccccc3)(c3ccccc3)c3ccccc3)n2)c1. The highest BCUT2D eigenvalue weighted by atomic mass is 16.5. The maximum atomic E-state index is 6.39. The van der Waals surface area contributed by atoms with Gasteiger partial charge in [-0.1, -0.05) is 91.0 Å². The van der Waals surface area contributed by atoms with Crippen molar-refractivity contribution in [3.8, 4) is 17.1 Å². The van der Waals surface area contributed by atoms with Crippen LogP contribution in [0, 0.1) is 0 Å². The summed E-state index contributed by atoms with van der Waals surface area (Å²) in [6, 6.07) is 36.4. The Labute approximate surface area is 221 Å². The molecule has 0 bridgehead atoms. The first kappa shape index (κ1) is 23.9. The third-order valence-corrected chi connectivity index (χ3v) is 6.99. The molecule has 2 heterocycles. The number of nitrogens with two attached hydrogens (primary N) is 1. The number of nitrogens with zero attached hydrogens (tertiary/aromatic N) is 4. The van der Waals surface area contributed by atoms with Crippen LogP contribution in [0.15, 0.2) is 109 Å². The molecule has 7 nitrogen and oxygen atoms in total. The Hall–Kier alpha value is -4.49. The van der Waals surface area contributed by atoms with E-state index >= 15 is 0 Å². The van der Waals surface area contributed by atoms with E-state index in [1.807, 2.05) is 72.8 Å². The van der Waals surface area contributed by atoms with E-state index in [2.05, 4.69) is 46.7 Å². The number of rotatable bonds is 7. The van der Waals surface area contributed by atoms with E-state index in [0.29, 0.717) is 36.0 Å². The Morgan fingerprint density at radius 2 is 1.32 bits per heavy atom. The second kappa shape index (κ2) is 10.5. The monoisotopic (exact) mass is 503 g/mol. The zero-order valence-corrected chi connectivity index (χ0v) is 21.0. The minimum Gasteiger partial charge on any atom is -0.489 e. The zero-order valence-electron chi connectivity index (χ0n) is 21.0. The van der Waals surface area contributed by atoms with Crippen molar-refractivity contribution in [3.63, 3.8) is 0 Å². The number of nitrogen functional groups attached to an aromatic ring is 1. The summed E-state index contributed by atoms with van der Waals surface area (Å²) in [5.74, 6) is 1.14. The molecule has 6 rings (SSSR count). The molecular formula is C31H29N5O2. The van der Waals surface area contributed by atoms with Crippen LogP contribution < -0.4 is 10.5 Å². The highest BCUT2D eigenvalue weighted by molar-refractivity contribution is 5.68. The fourth-order valence-corrected chi connectivity index (χ4v) is 5.15. The van der Waals surface area contributed by atoms with Crippen LogP contribution >= 0.6 is 0 Å². The number of aromatic nitrogens is 4. The van der Waals surface area contributed by atoms with Gasteiger partial charge in [-0.2, -0.15) is 0 Å². The number of anilines is 1. The van der Waals surface area contributed by atoms with Gasteiger partial charge in [0, 0.05) is 18.5 Å². The molecule has 5 aromatic rings. The Morgan fingerprint density at radius 1 is 0.763 bits per heavy atom. The van der Waals surface area contributed by atoms with E-state index in [-0.39, 0.29) is 6.10 Å². The van der Waals surface area contributed by atoms with E-state index < -0.39 is 5.54 Å². The fraction of sp³-hybridized carbons (Fsp3) is 0.194. The van der Waals surface area contributed by atoms with Gasteiger partial charge in [0.1, 0.15) is 11.9 Å². The molecule has 1 fully saturated rings. The van der Waals surface area contributed by atoms with Crippen molar-refractivity contribution in [1.29, 1.82) is 0 Å². The van der Waals surface area contributed by atoms with Gasteiger partial charge in [0.25, 0.3) is 0 Å². The number of hydrogen-bond acceptors (Lipinski definition) is 6. The molecular weight excluding hydrogens is 474 g/mol. The lowest BCUT2D eigenvalue weighted by molar-refractivity contribution is 0.0258. The normalized spacial score (nSPS) is 14.3. The van der Waals surface area contributed by atoms with Crippen molar-refractivity contribution in [2.75, 3.05) is 18.9 Å². The number of hydrogen-bond donors (Lipinski definition) is 1. The first-order valence-corrected chi connectivity index (χ1v) is 12.9. The average molecular weight is 504 g/mol. The molecule has 0 amide bonds. The first-order valence-electron chi connectivity index (χ1n) is 12.9. The zero-order chi connectivity index (χ0) is 25.8. The minimum atomic E-state index is -0.850. The van der Waals surface area contributed by atoms with Crippen molar-refractivity contribution < 1.29 is 9.47 Å². The summed E-state index contributed by atoms with van der Waals surface area (Å²) >= 11 is 0. The predicted molar refractivity (Wildman–Crippen MR) is 147 cm³/mol. The van der Waals surface area contributed by atoms with Gasteiger partial charge >= 0.3 is 0 Å². The topological polar surface area (TPSA) is 88.1 Å². The summed E-state index contributed by atoms with van der Waals surface area (Å²) in [5.41, 5.74) is 9.74. The van der Waals surface area contributed by atoms with Gasteiger partial charge in [-0.3, -0.25) is 0 Å². The molecule has 1 aliphatic rings. The third kappa shape index (κ3) is 4.41. The van der Waals surface area contributed by atoms with Crippen LogP contribution in [0.1, 0.15) is 29.5 Å². The first-order chi connectivity index (χ1) is 18.7. The average Bonchev–Trinajstić information content (AvgIpc) is 3.47. The minimum absolute atomic E-state index is 0.0678. The molecule has 0 unspecified atom stereocenters. The smallest absolute Gasteiger partial charge is 0.208 e. The van der Waals surface area contributed by atoms with E-state index in [9.17, 15) is 0 Å². The molecule has 7 heteroatoms. The maximum Gasteiger partial charge on any atom is 0.208 e. The molecule has 0 aliphatic carbocycles. The molecule has 1 aliphatic heterocycles. The van der Waals surface area contributed by atoms with Crippen LogP contribution in [-0.4, -0.2) is 39.5 Å². The molecule has 1 aromatic heterocycles. The van der Waals surface area contributed by atoms with E-state index in [0.717, 1.165) is 29.5 Å². The van der Waals surface area contributed by atoms with Crippen LogP contribution in [0.2, 0.25) is 0 Å². The highest BCUT2D eigenvalue weighted by Gasteiger charge is 2.41. The quantitative estimate of drug-likeness (QED) is 0.239. The second-order valence-electron chi connectivity index (χ2n) is 9.40. The van der Waals surface area contributed by atoms with Crippen LogP contribution in [0.4, 0.5) is 5.69 Å². The largest absolute Gasteiger partial charge is 0.489 e. The number of benzene rings is 4.